The number of aromatic amines is 1. The maximum Gasteiger partial charge on any atom is 0.143 e. The van der Waals surface area contributed by atoms with Gasteiger partial charge in [-0.05, 0) is 19.9 Å². The van der Waals surface area contributed by atoms with Gasteiger partial charge in [0.1, 0.15) is 7.95 Å². The number of fused-ring (bicyclic) bond motifs is 1. The molecular formula is C15H22ClN4O2P. The third kappa shape index (κ3) is 3.62. The van der Waals surface area contributed by atoms with Crippen molar-refractivity contribution in [1.82, 2.24) is 20.6 Å². The number of rotatable bonds is 4. The van der Waals surface area contributed by atoms with E-state index in [2.05, 4.69) is 20.6 Å². The minimum absolute atomic E-state index is 0.0180. The molecule has 3 N–H and O–H groups in total. The van der Waals surface area contributed by atoms with Crippen molar-refractivity contribution in [3.8, 4) is 0 Å². The highest BCUT2D eigenvalue weighted by Crippen LogP contribution is 2.35. The maximum absolute atomic E-state index is 12.8. The van der Waals surface area contributed by atoms with Crippen molar-refractivity contribution in [3.05, 3.63) is 28.9 Å². The van der Waals surface area contributed by atoms with E-state index in [0.29, 0.717) is 24.8 Å². The average molecular weight is 357 g/mol. The summed E-state index contributed by atoms with van der Waals surface area (Å²) in [5.74, 6) is 0. The molecule has 0 bridgehead atoms. The molecule has 2 aromatic rings. The van der Waals surface area contributed by atoms with E-state index in [-0.39, 0.29) is 5.66 Å². The number of nitrogens with one attached hydrogen (secondary N) is 3. The fourth-order valence-corrected chi connectivity index (χ4v) is 4.58. The van der Waals surface area contributed by atoms with Crippen molar-refractivity contribution in [2.24, 2.45) is 0 Å². The summed E-state index contributed by atoms with van der Waals surface area (Å²) in [5.41, 5.74) is 1.07. The van der Waals surface area contributed by atoms with Crippen LogP contribution in [0.2, 0.25) is 5.02 Å². The molecule has 0 saturated carbocycles. The van der Waals surface area contributed by atoms with E-state index in [1.54, 1.807) is 0 Å². The minimum atomic E-state index is -2.05. The highest BCUT2D eigenvalue weighted by Gasteiger charge is 2.30. The summed E-state index contributed by atoms with van der Waals surface area (Å²) in [6.07, 6.45) is 0. The van der Waals surface area contributed by atoms with Crippen LogP contribution in [0, 0.1) is 0 Å². The molecule has 0 radical (unpaired) electrons. The quantitative estimate of drug-likeness (QED) is 0.734. The Hall–Kier alpha value is -0.910. The Morgan fingerprint density at radius 3 is 3.13 bits per heavy atom. The summed E-state index contributed by atoms with van der Waals surface area (Å²) in [5, 5.41) is 15.5. The standard InChI is InChI=1S/C15H22ClN4O2P/c1-15(2,20-23(21)10-8-17-6-7-22-9-10)14-11-4-3-5-12(16)13(11)18-19-14/h3-5,10,17,23H,6-9H2,1-2H3,(H,18,19)(H,20,21). The van der Waals surface area contributed by atoms with E-state index in [1.165, 1.54) is 0 Å². The Kier molecular flexibility index (Phi) is 5.09. The largest absolute Gasteiger partial charge is 0.379 e. The highest BCUT2D eigenvalue weighted by molar-refractivity contribution is 7.43. The van der Waals surface area contributed by atoms with Crippen molar-refractivity contribution >= 4 is 30.5 Å². The summed E-state index contributed by atoms with van der Waals surface area (Å²) in [6.45, 7) is 6.65. The molecule has 0 spiro atoms. The van der Waals surface area contributed by atoms with E-state index in [1.807, 2.05) is 32.0 Å². The van der Waals surface area contributed by atoms with Crippen LogP contribution in [0.3, 0.4) is 0 Å². The van der Waals surface area contributed by atoms with Crippen molar-refractivity contribution in [3.63, 3.8) is 0 Å². The monoisotopic (exact) mass is 356 g/mol. The summed E-state index contributed by atoms with van der Waals surface area (Å²) >= 11 is 6.19. The summed E-state index contributed by atoms with van der Waals surface area (Å²) in [4.78, 5) is 0. The van der Waals surface area contributed by atoms with Crippen molar-refractivity contribution in [2.75, 3.05) is 26.3 Å². The van der Waals surface area contributed by atoms with E-state index >= 15 is 0 Å². The lowest BCUT2D eigenvalue weighted by Gasteiger charge is -2.27. The molecule has 1 aromatic carbocycles. The third-order valence-electron chi connectivity index (χ3n) is 4.08. The fraction of sp³-hybridized carbons (Fsp3) is 0.533. The van der Waals surface area contributed by atoms with Crippen molar-refractivity contribution in [2.45, 2.75) is 25.0 Å². The minimum Gasteiger partial charge on any atom is -0.379 e. The molecule has 0 aliphatic carbocycles. The van der Waals surface area contributed by atoms with Crippen molar-refractivity contribution < 1.29 is 9.30 Å². The number of benzene rings is 1. The Morgan fingerprint density at radius 1 is 1.48 bits per heavy atom. The molecule has 2 atom stereocenters. The number of halogens is 1. The molecule has 8 heteroatoms. The second-order valence-corrected chi connectivity index (χ2v) is 8.53. The molecule has 1 aliphatic heterocycles. The van der Waals surface area contributed by atoms with Crippen LogP contribution < -0.4 is 10.4 Å². The topological polar surface area (TPSA) is 79.0 Å². The Balaban J connectivity index is 1.82. The van der Waals surface area contributed by atoms with Gasteiger partial charge in [-0.3, -0.25) is 10.2 Å². The second-order valence-electron chi connectivity index (χ2n) is 6.32. The molecule has 0 amide bonds. The van der Waals surface area contributed by atoms with E-state index in [4.69, 9.17) is 16.3 Å². The van der Waals surface area contributed by atoms with Crippen LogP contribution in [0.15, 0.2) is 18.2 Å². The van der Waals surface area contributed by atoms with E-state index < -0.39 is 13.5 Å². The number of hydrogen-bond donors (Lipinski definition) is 3. The number of ether oxygens (including phenoxy) is 1. The molecule has 1 fully saturated rings. The van der Waals surface area contributed by atoms with Crippen LogP contribution in [0.5, 0.6) is 0 Å². The number of H-pyrrole nitrogens is 1. The maximum atomic E-state index is 12.8. The molecule has 1 aromatic heterocycles. The predicted octanol–water partition coefficient (Wildman–Crippen LogP) is 2.50. The van der Waals surface area contributed by atoms with Crippen LogP contribution in [0.1, 0.15) is 19.5 Å². The molecule has 6 nitrogen and oxygen atoms in total. The average Bonchev–Trinajstić information content (AvgIpc) is 2.77. The Morgan fingerprint density at radius 2 is 2.30 bits per heavy atom. The summed E-state index contributed by atoms with van der Waals surface area (Å²) < 4.78 is 18.3. The third-order valence-corrected chi connectivity index (χ3v) is 6.38. The molecule has 2 unspecified atom stereocenters. The predicted molar refractivity (Wildman–Crippen MR) is 93.7 cm³/mol. The first-order valence-corrected chi connectivity index (χ1v) is 9.59. The zero-order valence-corrected chi connectivity index (χ0v) is 15.0. The Labute approximate surface area is 141 Å². The van der Waals surface area contributed by atoms with Gasteiger partial charge in [0.05, 0.1) is 40.6 Å². The van der Waals surface area contributed by atoms with Crippen LogP contribution in [-0.2, 0) is 14.8 Å². The summed E-state index contributed by atoms with van der Waals surface area (Å²) in [6, 6.07) is 5.69. The van der Waals surface area contributed by atoms with Gasteiger partial charge >= 0.3 is 0 Å². The lowest BCUT2D eigenvalue weighted by atomic mass is 9.99. The molecule has 126 valence electrons. The molecule has 1 saturated heterocycles. The van der Waals surface area contributed by atoms with Crippen LogP contribution in [-0.4, -0.2) is 42.2 Å². The van der Waals surface area contributed by atoms with Gasteiger partial charge in [-0.15, -0.1) is 0 Å². The Bertz CT molecular complexity index is 711. The first-order chi connectivity index (χ1) is 11.0. The number of nitrogens with zero attached hydrogens (tertiary/aromatic N) is 1. The normalized spacial score (nSPS) is 21.3. The van der Waals surface area contributed by atoms with Crippen LogP contribution >= 0.6 is 19.6 Å². The molecule has 2 heterocycles. The number of para-hydroxylation sites is 1. The number of aromatic nitrogens is 2. The molecule has 3 rings (SSSR count). The van der Waals surface area contributed by atoms with Gasteiger partial charge in [0, 0.05) is 18.5 Å². The molecular weight excluding hydrogens is 335 g/mol. The molecule has 1 aliphatic rings. The first kappa shape index (κ1) is 16.9. The van der Waals surface area contributed by atoms with Gasteiger partial charge < -0.3 is 14.6 Å². The SMILES string of the molecule is CC(C)(N[PH](=O)C1CNCCOC1)c1n[nH]c2c(Cl)cccc12. The van der Waals surface area contributed by atoms with Gasteiger partial charge in [0.25, 0.3) is 0 Å². The highest BCUT2D eigenvalue weighted by atomic mass is 35.5. The lowest BCUT2D eigenvalue weighted by molar-refractivity contribution is 0.152. The summed E-state index contributed by atoms with van der Waals surface area (Å²) in [7, 11) is -2.05. The zero-order valence-electron chi connectivity index (χ0n) is 13.3. The van der Waals surface area contributed by atoms with Gasteiger partial charge in [0.15, 0.2) is 0 Å². The van der Waals surface area contributed by atoms with Gasteiger partial charge in [-0.2, -0.15) is 5.10 Å². The number of hydrogen-bond acceptors (Lipinski definition) is 4. The van der Waals surface area contributed by atoms with Gasteiger partial charge in [0.2, 0.25) is 0 Å². The van der Waals surface area contributed by atoms with Crippen LogP contribution in [0.25, 0.3) is 10.9 Å². The van der Waals surface area contributed by atoms with Gasteiger partial charge in [-0.25, -0.2) is 0 Å². The van der Waals surface area contributed by atoms with Crippen LogP contribution in [0.4, 0.5) is 0 Å². The smallest absolute Gasteiger partial charge is 0.143 e. The lowest BCUT2D eigenvalue weighted by Crippen LogP contribution is -2.36. The van der Waals surface area contributed by atoms with Crippen molar-refractivity contribution in [1.29, 1.82) is 0 Å². The molecule has 23 heavy (non-hydrogen) atoms. The van der Waals surface area contributed by atoms with Gasteiger partial charge in [-0.1, -0.05) is 23.7 Å². The van der Waals surface area contributed by atoms with E-state index in [9.17, 15) is 4.57 Å². The zero-order chi connectivity index (χ0) is 16.4. The van der Waals surface area contributed by atoms with E-state index in [0.717, 1.165) is 23.1 Å². The fourth-order valence-electron chi connectivity index (χ4n) is 2.83. The first-order valence-electron chi connectivity index (χ1n) is 7.72. The second kappa shape index (κ2) is 6.91.